The van der Waals surface area contributed by atoms with Gasteiger partial charge in [-0.1, -0.05) is 44.2 Å². The molecule has 0 aliphatic carbocycles. The van der Waals surface area contributed by atoms with E-state index in [0.29, 0.717) is 23.0 Å². The Morgan fingerprint density at radius 2 is 2.05 bits per heavy atom. The number of amides is 1. The summed E-state index contributed by atoms with van der Waals surface area (Å²) < 4.78 is 0. The van der Waals surface area contributed by atoms with Crippen molar-refractivity contribution < 1.29 is 10.1 Å². The van der Waals surface area contributed by atoms with Crippen LogP contribution in [-0.2, 0) is 4.79 Å². The number of thiophene rings is 1. The van der Waals surface area contributed by atoms with E-state index in [1.54, 1.807) is 11.4 Å². The number of nitrogens with one attached hydrogen (secondary N) is 1. The molecule has 1 atom stereocenters. The highest BCUT2D eigenvalue weighted by atomic mass is 32.1. The van der Waals surface area contributed by atoms with Gasteiger partial charge in [-0.05, 0) is 11.4 Å². The largest absolute Gasteiger partial charge is 0.332 e. The summed E-state index contributed by atoms with van der Waals surface area (Å²) in [4.78, 5) is 12.1. The zero-order valence-corrected chi connectivity index (χ0v) is 13.6. The zero-order valence-electron chi connectivity index (χ0n) is 12.7. The SMILES string of the molecule is CC(C)[C@@H]([NH2+]CC(=O)Nc1sccc1C#N)c1ccccc1. The predicted molar refractivity (Wildman–Crippen MR) is 88.5 cm³/mol. The smallest absolute Gasteiger partial charge is 0.280 e. The third-order valence-electron chi connectivity index (χ3n) is 3.50. The maximum Gasteiger partial charge on any atom is 0.280 e. The highest BCUT2D eigenvalue weighted by molar-refractivity contribution is 7.14. The van der Waals surface area contributed by atoms with Crippen LogP contribution < -0.4 is 10.6 Å². The predicted octanol–water partition coefficient (Wildman–Crippen LogP) is 2.52. The minimum atomic E-state index is -0.0828. The Morgan fingerprint density at radius 1 is 1.32 bits per heavy atom. The normalized spacial score (nSPS) is 11.9. The van der Waals surface area contributed by atoms with Crippen molar-refractivity contribution >= 4 is 22.2 Å². The van der Waals surface area contributed by atoms with Crippen molar-refractivity contribution in [1.82, 2.24) is 0 Å². The molecule has 3 N–H and O–H groups in total. The molecule has 0 aliphatic heterocycles. The van der Waals surface area contributed by atoms with E-state index >= 15 is 0 Å². The molecule has 1 heterocycles. The van der Waals surface area contributed by atoms with Gasteiger partial charge in [0.1, 0.15) is 17.1 Å². The fourth-order valence-electron chi connectivity index (χ4n) is 2.37. The first-order valence-corrected chi connectivity index (χ1v) is 8.15. The lowest BCUT2D eigenvalue weighted by Gasteiger charge is -2.19. The average Bonchev–Trinajstić information content (AvgIpc) is 2.95. The van der Waals surface area contributed by atoms with Crippen molar-refractivity contribution in [3.63, 3.8) is 0 Å². The van der Waals surface area contributed by atoms with Crippen LogP contribution >= 0.6 is 11.3 Å². The number of nitrogens with two attached hydrogens (primary N) is 1. The molecule has 1 aromatic heterocycles. The van der Waals surface area contributed by atoms with E-state index in [2.05, 4.69) is 42.7 Å². The van der Waals surface area contributed by atoms with Gasteiger partial charge in [0.25, 0.3) is 5.91 Å². The van der Waals surface area contributed by atoms with Crippen molar-refractivity contribution in [1.29, 1.82) is 5.26 Å². The molecule has 2 aromatic rings. The molecule has 0 spiro atoms. The van der Waals surface area contributed by atoms with Crippen molar-refractivity contribution in [3.05, 3.63) is 52.9 Å². The standard InChI is InChI=1S/C17H19N3OS/c1-12(2)16(13-6-4-3-5-7-13)19-11-15(21)20-17-14(10-18)8-9-22-17/h3-9,12,16,19H,11H2,1-2H3,(H,20,21)/p+1/t16-/m1/s1. The number of nitrogens with zero attached hydrogens (tertiary/aromatic N) is 1. The summed E-state index contributed by atoms with van der Waals surface area (Å²) in [7, 11) is 0. The van der Waals surface area contributed by atoms with E-state index < -0.39 is 0 Å². The number of anilines is 1. The monoisotopic (exact) mass is 314 g/mol. The Balaban J connectivity index is 1.95. The average molecular weight is 314 g/mol. The van der Waals surface area contributed by atoms with E-state index in [1.165, 1.54) is 16.9 Å². The van der Waals surface area contributed by atoms with Gasteiger partial charge in [-0.15, -0.1) is 11.3 Å². The summed E-state index contributed by atoms with van der Waals surface area (Å²) in [6.07, 6.45) is 0. The molecule has 0 unspecified atom stereocenters. The van der Waals surface area contributed by atoms with Crippen LogP contribution in [0.3, 0.4) is 0 Å². The minimum absolute atomic E-state index is 0.0828. The molecular formula is C17H20N3OS+. The molecule has 0 bridgehead atoms. The van der Waals surface area contributed by atoms with Crippen LogP contribution in [0.15, 0.2) is 41.8 Å². The fourth-order valence-corrected chi connectivity index (χ4v) is 3.13. The maximum absolute atomic E-state index is 12.1. The molecule has 4 nitrogen and oxygen atoms in total. The van der Waals surface area contributed by atoms with Crippen LogP contribution in [0.4, 0.5) is 5.00 Å². The van der Waals surface area contributed by atoms with Crippen molar-refractivity contribution in [2.45, 2.75) is 19.9 Å². The molecule has 5 heteroatoms. The highest BCUT2D eigenvalue weighted by Crippen LogP contribution is 2.21. The third kappa shape index (κ3) is 4.17. The van der Waals surface area contributed by atoms with Gasteiger partial charge in [-0.2, -0.15) is 5.26 Å². The summed E-state index contributed by atoms with van der Waals surface area (Å²) in [5, 5.41) is 16.3. The second-order valence-corrected chi connectivity index (χ2v) is 6.36. The molecule has 22 heavy (non-hydrogen) atoms. The molecule has 114 valence electrons. The van der Waals surface area contributed by atoms with Crippen molar-refractivity contribution in [3.8, 4) is 6.07 Å². The number of hydrogen-bond acceptors (Lipinski definition) is 3. The van der Waals surface area contributed by atoms with E-state index in [1.807, 2.05) is 18.2 Å². The number of hydrogen-bond donors (Lipinski definition) is 2. The number of benzene rings is 1. The molecule has 0 saturated heterocycles. The molecule has 0 aliphatic rings. The quantitative estimate of drug-likeness (QED) is 0.860. The van der Waals surface area contributed by atoms with Gasteiger partial charge in [0.05, 0.1) is 5.56 Å². The Bertz CT molecular complexity index is 658. The number of quaternary nitrogens is 1. The summed E-state index contributed by atoms with van der Waals surface area (Å²) in [5.74, 6) is 0.340. The van der Waals surface area contributed by atoms with Crippen LogP contribution in [-0.4, -0.2) is 12.5 Å². The fraction of sp³-hybridized carbons (Fsp3) is 0.294. The summed E-state index contributed by atoms with van der Waals surface area (Å²) in [6.45, 7) is 4.64. The van der Waals surface area contributed by atoms with Gasteiger partial charge in [-0.25, -0.2) is 0 Å². The first-order valence-electron chi connectivity index (χ1n) is 7.27. The van der Waals surface area contributed by atoms with E-state index in [0.717, 1.165) is 0 Å². The van der Waals surface area contributed by atoms with Crippen LogP contribution in [0.25, 0.3) is 0 Å². The molecule has 1 amide bonds. The molecule has 1 aromatic carbocycles. The second-order valence-electron chi connectivity index (χ2n) is 5.44. The first-order chi connectivity index (χ1) is 10.6. The van der Waals surface area contributed by atoms with E-state index in [4.69, 9.17) is 5.26 Å². The number of carbonyl (C=O) groups excluding carboxylic acids is 1. The third-order valence-corrected chi connectivity index (χ3v) is 4.33. The number of carbonyl (C=O) groups is 1. The molecule has 0 fully saturated rings. The van der Waals surface area contributed by atoms with Gasteiger partial charge < -0.3 is 10.6 Å². The van der Waals surface area contributed by atoms with Crippen molar-refractivity contribution in [2.75, 3.05) is 11.9 Å². The Hall–Kier alpha value is -2.16. The lowest BCUT2D eigenvalue weighted by Crippen LogP contribution is -2.88. The van der Waals surface area contributed by atoms with Gasteiger partial charge in [0.15, 0.2) is 6.54 Å². The van der Waals surface area contributed by atoms with Crippen LogP contribution in [0.1, 0.15) is 31.0 Å². The second kappa shape index (κ2) is 7.74. The number of rotatable bonds is 6. The van der Waals surface area contributed by atoms with Gasteiger partial charge in [-0.3, -0.25) is 4.79 Å². The van der Waals surface area contributed by atoms with Gasteiger partial charge >= 0.3 is 0 Å². The molecule has 0 saturated carbocycles. The maximum atomic E-state index is 12.1. The van der Waals surface area contributed by atoms with Crippen molar-refractivity contribution in [2.24, 2.45) is 5.92 Å². The molecule has 2 rings (SSSR count). The highest BCUT2D eigenvalue weighted by Gasteiger charge is 2.20. The van der Waals surface area contributed by atoms with Crippen LogP contribution in [0.2, 0.25) is 0 Å². The van der Waals surface area contributed by atoms with Crippen LogP contribution in [0.5, 0.6) is 0 Å². The Kier molecular flexibility index (Phi) is 5.70. The Morgan fingerprint density at radius 3 is 2.68 bits per heavy atom. The lowest BCUT2D eigenvalue weighted by molar-refractivity contribution is -0.692. The lowest BCUT2D eigenvalue weighted by atomic mass is 9.96. The van der Waals surface area contributed by atoms with E-state index in [-0.39, 0.29) is 11.9 Å². The molecule has 0 radical (unpaired) electrons. The summed E-state index contributed by atoms with van der Waals surface area (Å²) in [6, 6.07) is 14.2. The summed E-state index contributed by atoms with van der Waals surface area (Å²) >= 11 is 1.37. The zero-order chi connectivity index (χ0) is 15.9. The molecular weight excluding hydrogens is 294 g/mol. The first kappa shape index (κ1) is 16.2. The Labute approximate surface area is 134 Å². The topological polar surface area (TPSA) is 69.5 Å². The van der Waals surface area contributed by atoms with Crippen LogP contribution in [0, 0.1) is 17.2 Å². The van der Waals surface area contributed by atoms with E-state index in [9.17, 15) is 4.79 Å². The number of nitriles is 1. The summed E-state index contributed by atoms with van der Waals surface area (Å²) in [5.41, 5.74) is 1.74. The van der Waals surface area contributed by atoms with Gasteiger partial charge in [0.2, 0.25) is 0 Å². The minimum Gasteiger partial charge on any atom is -0.332 e. The van der Waals surface area contributed by atoms with Gasteiger partial charge in [0, 0.05) is 11.5 Å².